The molecule has 1 atom stereocenters. The molecule has 0 amide bonds. The molecule has 0 radical (unpaired) electrons. The number of aliphatic hydroxyl groups is 1. The van der Waals surface area contributed by atoms with Crippen LogP contribution in [-0.4, -0.2) is 26.5 Å². The summed E-state index contributed by atoms with van der Waals surface area (Å²) in [5.41, 5.74) is 0.611. The summed E-state index contributed by atoms with van der Waals surface area (Å²) in [5, 5.41) is 25.0. The maximum absolute atomic E-state index is 10.7. The van der Waals surface area contributed by atoms with Gasteiger partial charge in [0.15, 0.2) is 0 Å². The lowest BCUT2D eigenvalue weighted by Gasteiger charge is -2.13. The first-order valence-electron chi connectivity index (χ1n) is 7.48. The van der Waals surface area contributed by atoms with Crippen LogP contribution < -0.4 is 5.32 Å². The molecule has 24 heavy (non-hydrogen) atoms. The molecule has 2 N–H and O–H groups in total. The van der Waals surface area contributed by atoms with Gasteiger partial charge in [0.1, 0.15) is 17.0 Å². The Bertz CT molecular complexity index is 863. The molecule has 1 aromatic carbocycles. The number of non-ortho nitro benzene ring substituents is 1. The standard InChI is InChI=1S/C16H16N4O3S/c1-2-12-7-13-15(18-9-19-16(13)24-12)17-8-14(21)10-3-5-11(6-4-10)20(22)23/h3-7,9,14,21H,2,8H2,1H3,(H,17,18,19). The predicted octanol–water partition coefficient (Wildman–Crippen LogP) is 3.31. The summed E-state index contributed by atoms with van der Waals surface area (Å²) >= 11 is 1.63. The molecule has 1 unspecified atom stereocenters. The molecule has 2 heterocycles. The monoisotopic (exact) mass is 344 g/mol. The van der Waals surface area contributed by atoms with E-state index in [9.17, 15) is 15.2 Å². The molecular weight excluding hydrogens is 328 g/mol. The van der Waals surface area contributed by atoms with E-state index in [4.69, 9.17) is 0 Å². The van der Waals surface area contributed by atoms with Gasteiger partial charge in [0.25, 0.3) is 5.69 Å². The molecule has 8 heteroatoms. The van der Waals surface area contributed by atoms with Crippen molar-refractivity contribution in [1.82, 2.24) is 9.97 Å². The molecule has 0 aliphatic carbocycles. The van der Waals surface area contributed by atoms with Crippen molar-refractivity contribution in [2.24, 2.45) is 0 Å². The Kier molecular flexibility index (Phi) is 4.68. The Morgan fingerprint density at radius 2 is 2.08 bits per heavy atom. The summed E-state index contributed by atoms with van der Waals surface area (Å²) in [6, 6.07) is 7.93. The van der Waals surface area contributed by atoms with E-state index in [0.29, 0.717) is 11.4 Å². The number of hydrogen-bond donors (Lipinski definition) is 2. The van der Waals surface area contributed by atoms with Crippen molar-refractivity contribution in [1.29, 1.82) is 0 Å². The lowest BCUT2D eigenvalue weighted by molar-refractivity contribution is -0.384. The number of benzene rings is 1. The van der Waals surface area contributed by atoms with E-state index in [1.54, 1.807) is 23.5 Å². The van der Waals surface area contributed by atoms with Crippen LogP contribution in [0.2, 0.25) is 0 Å². The Labute approximate surface area is 142 Å². The Balaban J connectivity index is 1.73. The van der Waals surface area contributed by atoms with Gasteiger partial charge in [-0.1, -0.05) is 6.92 Å². The number of anilines is 1. The van der Waals surface area contributed by atoms with Crippen LogP contribution in [0.5, 0.6) is 0 Å². The predicted molar refractivity (Wildman–Crippen MR) is 93.3 cm³/mol. The van der Waals surface area contributed by atoms with Crippen LogP contribution in [0.25, 0.3) is 10.2 Å². The summed E-state index contributed by atoms with van der Waals surface area (Å²) < 4.78 is 0. The van der Waals surface area contributed by atoms with Crippen molar-refractivity contribution in [2.45, 2.75) is 19.4 Å². The molecule has 0 aliphatic rings. The minimum absolute atomic E-state index is 0.00165. The molecule has 124 valence electrons. The number of hydrogen-bond acceptors (Lipinski definition) is 7. The highest BCUT2D eigenvalue weighted by Crippen LogP contribution is 2.28. The number of aromatic nitrogens is 2. The van der Waals surface area contributed by atoms with E-state index in [1.165, 1.54) is 23.3 Å². The molecule has 3 rings (SSSR count). The number of nitro groups is 1. The van der Waals surface area contributed by atoms with Gasteiger partial charge in [0.2, 0.25) is 0 Å². The first kappa shape index (κ1) is 16.3. The quantitative estimate of drug-likeness (QED) is 0.525. The maximum Gasteiger partial charge on any atom is 0.269 e. The van der Waals surface area contributed by atoms with Crippen LogP contribution in [0.1, 0.15) is 23.5 Å². The SMILES string of the molecule is CCc1cc2c(NCC(O)c3ccc([N+](=O)[O-])cc3)ncnc2s1. The summed E-state index contributed by atoms with van der Waals surface area (Å²) in [7, 11) is 0. The third-order valence-electron chi connectivity index (χ3n) is 3.68. The third-order valence-corrected chi connectivity index (χ3v) is 4.87. The molecular formula is C16H16N4O3S. The van der Waals surface area contributed by atoms with Crippen LogP contribution in [0.15, 0.2) is 36.7 Å². The molecule has 0 saturated carbocycles. The normalized spacial score (nSPS) is 12.2. The van der Waals surface area contributed by atoms with E-state index >= 15 is 0 Å². The zero-order chi connectivity index (χ0) is 17.1. The Morgan fingerprint density at radius 1 is 1.33 bits per heavy atom. The molecule has 3 aromatic rings. The summed E-state index contributed by atoms with van der Waals surface area (Å²) in [4.78, 5) is 20.8. The highest BCUT2D eigenvalue weighted by molar-refractivity contribution is 7.18. The van der Waals surface area contributed by atoms with Gasteiger partial charge >= 0.3 is 0 Å². The van der Waals surface area contributed by atoms with Gasteiger partial charge < -0.3 is 10.4 Å². The molecule has 2 aromatic heterocycles. The number of thiophene rings is 1. The zero-order valence-corrected chi connectivity index (χ0v) is 13.8. The van der Waals surface area contributed by atoms with E-state index in [-0.39, 0.29) is 12.2 Å². The van der Waals surface area contributed by atoms with Crippen LogP contribution in [0.4, 0.5) is 11.5 Å². The lowest BCUT2D eigenvalue weighted by Crippen LogP contribution is -2.13. The van der Waals surface area contributed by atoms with Crippen LogP contribution in [0.3, 0.4) is 0 Å². The average molecular weight is 344 g/mol. The second kappa shape index (κ2) is 6.90. The fraction of sp³-hybridized carbons (Fsp3) is 0.250. The van der Waals surface area contributed by atoms with Gasteiger partial charge in [-0.15, -0.1) is 11.3 Å². The number of fused-ring (bicyclic) bond motifs is 1. The molecule has 0 spiro atoms. The van der Waals surface area contributed by atoms with E-state index in [2.05, 4.69) is 28.3 Å². The minimum Gasteiger partial charge on any atom is -0.387 e. The van der Waals surface area contributed by atoms with Crippen molar-refractivity contribution in [3.8, 4) is 0 Å². The van der Waals surface area contributed by atoms with Gasteiger partial charge in [-0.2, -0.15) is 0 Å². The van der Waals surface area contributed by atoms with Crippen LogP contribution >= 0.6 is 11.3 Å². The number of rotatable bonds is 6. The van der Waals surface area contributed by atoms with E-state index in [0.717, 1.165) is 16.6 Å². The number of nitrogens with zero attached hydrogens (tertiary/aromatic N) is 3. The first-order chi connectivity index (χ1) is 11.6. The Hall–Kier alpha value is -2.58. The van der Waals surface area contributed by atoms with Crippen molar-refractivity contribution in [3.63, 3.8) is 0 Å². The molecule has 0 aliphatic heterocycles. The van der Waals surface area contributed by atoms with Gasteiger partial charge in [-0.05, 0) is 30.2 Å². The number of nitro benzene ring substituents is 1. The Morgan fingerprint density at radius 3 is 2.75 bits per heavy atom. The number of nitrogens with one attached hydrogen (secondary N) is 1. The van der Waals surface area contributed by atoms with Crippen molar-refractivity contribution in [2.75, 3.05) is 11.9 Å². The smallest absolute Gasteiger partial charge is 0.269 e. The van der Waals surface area contributed by atoms with Crippen LogP contribution in [-0.2, 0) is 6.42 Å². The molecule has 0 fully saturated rings. The molecule has 7 nitrogen and oxygen atoms in total. The van der Waals surface area contributed by atoms with Crippen molar-refractivity contribution < 1.29 is 10.0 Å². The third kappa shape index (κ3) is 3.34. The van der Waals surface area contributed by atoms with E-state index in [1.807, 2.05) is 0 Å². The fourth-order valence-electron chi connectivity index (χ4n) is 2.35. The summed E-state index contributed by atoms with van der Waals surface area (Å²) in [6.45, 7) is 2.34. The van der Waals surface area contributed by atoms with Gasteiger partial charge in [-0.25, -0.2) is 9.97 Å². The van der Waals surface area contributed by atoms with Crippen molar-refractivity contribution in [3.05, 3.63) is 57.2 Å². The fourth-order valence-corrected chi connectivity index (χ4v) is 3.28. The maximum atomic E-state index is 10.7. The second-order valence-corrected chi connectivity index (χ2v) is 6.37. The zero-order valence-electron chi connectivity index (χ0n) is 13.0. The first-order valence-corrected chi connectivity index (χ1v) is 8.30. The summed E-state index contributed by atoms with van der Waals surface area (Å²) in [5.74, 6) is 0.678. The highest BCUT2D eigenvalue weighted by atomic mass is 32.1. The van der Waals surface area contributed by atoms with Crippen LogP contribution in [0, 0.1) is 10.1 Å². The topological polar surface area (TPSA) is 101 Å². The van der Waals surface area contributed by atoms with Gasteiger partial charge in [0.05, 0.1) is 16.4 Å². The van der Waals surface area contributed by atoms with Crippen molar-refractivity contribution >= 4 is 33.1 Å². The second-order valence-electron chi connectivity index (χ2n) is 5.25. The summed E-state index contributed by atoms with van der Waals surface area (Å²) in [6.07, 6.45) is 1.64. The lowest BCUT2D eigenvalue weighted by atomic mass is 10.1. The number of aliphatic hydroxyl groups excluding tert-OH is 1. The largest absolute Gasteiger partial charge is 0.387 e. The minimum atomic E-state index is -0.792. The van der Waals surface area contributed by atoms with E-state index < -0.39 is 11.0 Å². The van der Waals surface area contributed by atoms with Gasteiger partial charge in [-0.3, -0.25) is 10.1 Å². The molecule has 0 saturated heterocycles. The number of aryl methyl sites for hydroxylation is 1. The average Bonchev–Trinajstić information content (AvgIpc) is 3.03. The highest BCUT2D eigenvalue weighted by Gasteiger charge is 2.13. The molecule has 0 bridgehead atoms. The van der Waals surface area contributed by atoms with Gasteiger partial charge in [0, 0.05) is 23.6 Å².